The van der Waals surface area contributed by atoms with E-state index in [9.17, 15) is 34.6 Å². The van der Waals surface area contributed by atoms with Gasteiger partial charge in [-0.1, -0.05) is 0 Å². The van der Waals surface area contributed by atoms with E-state index >= 15 is 0 Å². The summed E-state index contributed by atoms with van der Waals surface area (Å²) >= 11 is 0. The molecule has 0 aromatic rings. The van der Waals surface area contributed by atoms with Gasteiger partial charge < -0.3 is 45.4 Å². The molecule has 2 aliphatic heterocycles. The molecule has 0 aliphatic carbocycles. The molecule has 0 bridgehead atoms. The molecule has 8 N–H and O–H groups in total. The lowest BCUT2D eigenvalue weighted by molar-refractivity contribution is -0.782. The number of rotatable bonds is 8. The molecule has 164 valence electrons. The molecule has 29 heavy (non-hydrogen) atoms. The fraction of sp³-hybridized carbons (Fsp3) is 0.643. The molecular formula is C14H23N3O11P+. The number of carbonyl (C=O) groups excluding carboxylic acids is 2. The first-order valence-electron chi connectivity index (χ1n) is 8.35. The van der Waals surface area contributed by atoms with E-state index in [0.717, 1.165) is 12.3 Å². The van der Waals surface area contributed by atoms with Crippen molar-refractivity contribution in [2.24, 2.45) is 10.7 Å². The zero-order chi connectivity index (χ0) is 22.0. The SMILES string of the molecule is NC1=NC(=O)[N+](C(=O)C[C@H](CO)OCP(=O)(O)O)([C@@H]2O[C@H](CO)[C@@H](O)[C@H]2O)C=C1. The van der Waals surface area contributed by atoms with Crippen molar-refractivity contribution in [1.82, 2.24) is 0 Å². The molecule has 15 heteroatoms. The number of hydrogen-bond donors (Lipinski definition) is 7. The molecule has 1 saturated heterocycles. The topological polar surface area (TPSA) is 229 Å². The maximum atomic E-state index is 13.0. The maximum absolute atomic E-state index is 13.0. The van der Waals surface area contributed by atoms with Crippen molar-refractivity contribution in [3.05, 3.63) is 12.3 Å². The lowest BCUT2D eigenvalue weighted by Crippen LogP contribution is -2.63. The lowest BCUT2D eigenvalue weighted by Gasteiger charge is -2.35. The van der Waals surface area contributed by atoms with Crippen LogP contribution in [0.2, 0.25) is 0 Å². The van der Waals surface area contributed by atoms with E-state index in [-0.39, 0.29) is 5.84 Å². The van der Waals surface area contributed by atoms with Crippen LogP contribution in [0.25, 0.3) is 0 Å². The molecule has 0 aromatic heterocycles. The second-order valence-electron chi connectivity index (χ2n) is 6.50. The molecule has 2 rings (SSSR count). The Labute approximate surface area is 164 Å². The van der Waals surface area contributed by atoms with Crippen LogP contribution in [0.15, 0.2) is 17.3 Å². The first kappa shape index (κ1) is 23.7. The predicted octanol–water partition coefficient (Wildman–Crippen LogP) is -3.32. The molecule has 0 spiro atoms. The van der Waals surface area contributed by atoms with Crippen molar-refractivity contribution in [2.45, 2.75) is 37.1 Å². The Balaban J connectivity index is 2.34. The van der Waals surface area contributed by atoms with Crippen molar-refractivity contribution in [1.29, 1.82) is 0 Å². The van der Waals surface area contributed by atoms with Gasteiger partial charge in [-0.15, -0.1) is 9.48 Å². The number of urea groups is 1. The third kappa shape index (κ3) is 4.95. The first-order chi connectivity index (χ1) is 13.5. The summed E-state index contributed by atoms with van der Waals surface area (Å²) in [5.41, 5.74) is 5.46. The van der Waals surface area contributed by atoms with Gasteiger partial charge in [-0.25, -0.2) is 9.59 Å². The third-order valence-corrected chi connectivity index (χ3v) is 4.92. The van der Waals surface area contributed by atoms with E-state index in [0.29, 0.717) is 0 Å². The second-order valence-corrected chi connectivity index (χ2v) is 8.09. The molecule has 0 aromatic carbocycles. The van der Waals surface area contributed by atoms with Crippen molar-refractivity contribution >= 4 is 25.4 Å². The molecule has 0 saturated carbocycles. The predicted molar refractivity (Wildman–Crippen MR) is 92.7 cm³/mol. The van der Waals surface area contributed by atoms with Gasteiger partial charge in [0.15, 0.2) is 6.10 Å². The van der Waals surface area contributed by atoms with E-state index in [1.54, 1.807) is 0 Å². The number of aliphatic imine (C=N–C) groups is 1. The molecule has 3 amide bonds. The number of aliphatic hydroxyl groups is 4. The number of ether oxygens (including phenoxy) is 2. The van der Waals surface area contributed by atoms with Crippen LogP contribution in [-0.2, 0) is 18.8 Å². The summed E-state index contributed by atoms with van der Waals surface area (Å²) in [5.74, 6) is -1.26. The van der Waals surface area contributed by atoms with Crippen LogP contribution in [0.1, 0.15) is 6.42 Å². The van der Waals surface area contributed by atoms with E-state index in [1.807, 2.05) is 0 Å². The average molecular weight is 440 g/mol. The maximum Gasteiger partial charge on any atom is 0.458 e. The Morgan fingerprint density at radius 1 is 1.34 bits per heavy atom. The molecule has 1 fully saturated rings. The van der Waals surface area contributed by atoms with E-state index in [4.69, 9.17) is 25.0 Å². The van der Waals surface area contributed by atoms with Crippen molar-refractivity contribution in [3.63, 3.8) is 0 Å². The van der Waals surface area contributed by atoms with Crippen molar-refractivity contribution < 1.29 is 58.3 Å². The van der Waals surface area contributed by atoms with Gasteiger partial charge >= 0.3 is 19.5 Å². The standard InChI is InChI=1S/C14H22N3O11P/c15-9-1-2-17(14(23)16-9,13-12(22)11(21)8(5-19)28-13)10(20)3-7(4-18)27-6-29(24,25)26/h1-2,7-8,11-13,18-19,21-22H,3-6H2,(H3-,15,16,23,24,25,26)/p+1/t7-,8-,11-,12-,13-,17?/m1/s1. The van der Waals surface area contributed by atoms with E-state index < -0.39 is 80.6 Å². The zero-order valence-electron chi connectivity index (χ0n) is 15.0. The van der Waals surface area contributed by atoms with Gasteiger partial charge in [0.25, 0.3) is 0 Å². The highest BCUT2D eigenvalue weighted by Crippen LogP contribution is 2.36. The molecule has 0 radical (unpaired) electrons. The fourth-order valence-corrected chi connectivity index (χ4v) is 3.36. The number of nitrogens with two attached hydrogens (primary N) is 1. The van der Waals surface area contributed by atoms with Gasteiger partial charge in [-0.2, -0.15) is 0 Å². The number of nitrogens with zero attached hydrogens (tertiary/aromatic N) is 2. The number of carbonyl (C=O) groups is 2. The van der Waals surface area contributed by atoms with Gasteiger partial charge in [0.05, 0.1) is 25.7 Å². The Bertz CT molecular complexity index is 753. The van der Waals surface area contributed by atoms with Crippen LogP contribution in [0.5, 0.6) is 0 Å². The third-order valence-electron chi connectivity index (χ3n) is 4.44. The summed E-state index contributed by atoms with van der Waals surface area (Å²) < 4.78 is 19.7. The zero-order valence-corrected chi connectivity index (χ0v) is 15.9. The number of quaternary nitrogens is 1. The molecule has 2 aliphatic rings. The number of amides is 3. The number of amidine groups is 1. The minimum Gasteiger partial charge on any atom is -0.394 e. The summed E-state index contributed by atoms with van der Waals surface area (Å²) in [5, 5.41) is 38.9. The van der Waals surface area contributed by atoms with Crippen LogP contribution >= 0.6 is 7.60 Å². The Hall–Kier alpha value is -1.58. The Kier molecular flexibility index (Phi) is 7.40. The van der Waals surface area contributed by atoms with Crippen LogP contribution in [0.3, 0.4) is 0 Å². The van der Waals surface area contributed by atoms with Crippen LogP contribution in [0, 0.1) is 0 Å². The fourth-order valence-electron chi connectivity index (χ4n) is 2.95. The summed E-state index contributed by atoms with van der Waals surface area (Å²) in [6.45, 7) is -1.53. The molecule has 14 nitrogen and oxygen atoms in total. The van der Waals surface area contributed by atoms with Crippen LogP contribution < -0.4 is 5.73 Å². The highest BCUT2D eigenvalue weighted by molar-refractivity contribution is 7.51. The summed E-state index contributed by atoms with van der Waals surface area (Å²) in [6.07, 6.45) is -7.50. The van der Waals surface area contributed by atoms with E-state index in [1.165, 1.54) is 0 Å². The number of imide groups is 1. The van der Waals surface area contributed by atoms with Crippen LogP contribution in [-0.4, -0.2) is 103 Å². The summed E-state index contributed by atoms with van der Waals surface area (Å²) in [6, 6.07) is -1.17. The quantitative estimate of drug-likeness (QED) is 0.145. The number of aliphatic hydroxyl groups excluding tert-OH is 4. The van der Waals surface area contributed by atoms with Crippen molar-refractivity contribution in [2.75, 3.05) is 19.6 Å². The Morgan fingerprint density at radius 2 is 2.00 bits per heavy atom. The van der Waals surface area contributed by atoms with Crippen molar-refractivity contribution in [3.8, 4) is 0 Å². The molecule has 1 unspecified atom stereocenters. The van der Waals surface area contributed by atoms with Gasteiger partial charge in [0.1, 0.15) is 30.6 Å². The first-order valence-corrected chi connectivity index (χ1v) is 10.1. The normalized spacial score (nSPS) is 33.6. The minimum absolute atomic E-state index is 0.236. The van der Waals surface area contributed by atoms with E-state index in [2.05, 4.69) is 4.99 Å². The molecular weight excluding hydrogens is 417 g/mol. The second kappa shape index (κ2) is 9.06. The highest BCUT2D eigenvalue weighted by atomic mass is 31.2. The van der Waals surface area contributed by atoms with Gasteiger partial charge in [-0.3, -0.25) is 4.57 Å². The summed E-state index contributed by atoms with van der Waals surface area (Å²) in [4.78, 5) is 46.9. The molecule has 6 atom stereocenters. The minimum atomic E-state index is -4.59. The van der Waals surface area contributed by atoms with Gasteiger partial charge in [0, 0.05) is 6.08 Å². The van der Waals surface area contributed by atoms with Gasteiger partial charge in [0.2, 0.25) is 6.23 Å². The Morgan fingerprint density at radius 3 is 2.48 bits per heavy atom. The largest absolute Gasteiger partial charge is 0.458 e. The highest BCUT2D eigenvalue weighted by Gasteiger charge is 2.61. The van der Waals surface area contributed by atoms with Gasteiger partial charge in [-0.05, 0) is 0 Å². The smallest absolute Gasteiger partial charge is 0.394 e. The lowest BCUT2D eigenvalue weighted by atomic mass is 10.1. The number of hydrogen-bond acceptors (Lipinski definition) is 10. The molecule has 2 heterocycles. The average Bonchev–Trinajstić information content (AvgIpc) is 2.93. The summed E-state index contributed by atoms with van der Waals surface area (Å²) in [7, 11) is -4.59. The monoisotopic (exact) mass is 440 g/mol. The van der Waals surface area contributed by atoms with Crippen LogP contribution in [0.4, 0.5) is 4.79 Å².